The fraction of sp³-hybridized carbons (Fsp3) is 0.619. The topological polar surface area (TPSA) is 112 Å². The Morgan fingerprint density at radius 3 is 2.64 bits per heavy atom. The summed E-state index contributed by atoms with van der Waals surface area (Å²) in [5.41, 5.74) is 1.59. The van der Waals surface area contributed by atoms with Crippen molar-refractivity contribution in [3.05, 3.63) is 32.7 Å². The lowest BCUT2D eigenvalue weighted by Crippen LogP contribution is -2.46. The molecule has 0 saturated heterocycles. The molecule has 0 bridgehead atoms. The quantitative estimate of drug-likeness (QED) is 0.728. The molecule has 1 aliphatic carbocycles. The van der Waals surface area contributed by atoms with E-state index < -0.39 is 17.6 Å². The standard InChI is InChI=1S/C21H29N3O4/c1-12-7-5-6-8-18(12)24-20(26)15(4)28-19(25)10-9-16-13(2)17(11-22)21(27)23-14(16)3/h12,15,18H,5-10H2,1-4H3,(H,23,27)(H,24,26)/t12-,15-,18-/m0/s1. The van der Waals surface area contributed by atoms with Gasteiger partial charge in [0.2, 0.25) is 0 Å². The first-order valence-electron chi connectivity index (χ1n) is 9.86. The minimum absolute atomic E-state index is 0.0586. The summed E-state index contributed by atoms with van der Waals surface area (Å²) in [7, 11) is 0. The number of rotatable bonds is 6. The molecule has 28 heavy (non-hydrogen) atoms. The van der Waals surface area contributed by atoms with E-state index in [2.05, 4.69) is 17.2 Å². The molecule has 152 valence electrons. The van der Waals surface area contributed by atoms with Crippen molar-refractivity contribution in [2.45, 2.75) is 78.4 Å². The molecule has 3 atom stereocenters. The molecule has 1 aromatic rings. The second-order valence-corrected chi connectivity index (χ2v) is 7.68. The highest BCUT2D eigenvalue weighted by Crippen LogP contribution is 2.23. The number of hydrogen-bond donors (Lipinski definition) is 2. The zero-order valence-corrected chi connectivity index (χ0v) is 17.1. The molecule has 7 heteroatoms. The summed E-state index contributed by atoms with van der Waals surface area (Å²) in [6.07, 6.45) is 3.89. The van der Waals surface area contributed by atoms with Gasteiger partial charge in [-0.3, -0.25) is 14.4 Å². The number of carbonyl (C=O) groups excluding carboxylic acids is 2. The maximum Gasteiger partial charge on any atom is 0.306 e. The van der Waals surface area contributed by atoms with Gasteiger partial charge in [0.15, 0.2) is 6.10 Å². The van der Waals surface area contributed by atoms with E-state index in [9.17, 15) is 14.4 Å². The summed E-state index contributed by atoms with van der Waals surface area (Å²) in [5, 5.41) is 12.1. The molecule has 1 amide bonds. The summed E-state index contributed by atoms with van der Waals surface area (Å²) >= 11 is 0. The van der Waals surface area contributed by atoms with Crippen molar-refractivity contribution in [2.75, 3.05) is 0 Å². The number of esters is 1. The Labute approximate surface area is 165 Å². The number of pyridine rings is 1. The Hall–Kier alpha value is -2.62. The molecule has 2 rings (SSSR count). The van der Waals surface area contributed by atoms with Gasteiger partial charge in [-0.25, -0.2) is 0 Å². The van der Waals surface area contributed by atoms with E-state index in [0.29, 0.717) is 23.6 Å². The largest absolute Gasteiger partial charge is 0.453 e. The Morgan fingerprint density at radius 2 is 2.00 bits per heavy atom. The molecular formula is C21H29N3O4. The summed E-state index contributed by atoms with van der Waals surface area (Å²) in [6, 6.07) is 2.03. The molecule has 2 N–H and O–H groups in total. The number of H-pyrrole nitrogens is 1. The first-order chi connectivity index (χ1) is 13.2. The van der Waals surface area contributed by atoms with Crippen LogP contribution in [0.1, 0.15) is 68.3 Å². The van der Waals surface area contributed by atoms with Crippen molar-refractivity contribution in [3.63, 3.8) is 0 Å². The molecule has 1 heterocycles. The van der Waals surface area contributed by atoms with Crippen LogP contribution in [0.2, 0.25) is 0 Å². The highest BCUT2D eigenvalue weighted by Gasteiger charge is 2.26. The van der Waals surface area contributed by atoms with Crippen LogP contribution in [0.4, 0.5) is 0 Å². The minimum atomic E-state index is -0.853. The first-order valence-corrected chi connectivity index (χ1v) is 9.86. The maximum atomic E-state index is 12.3. The van der Waals surface area contributed by atoms with Crippen LogP contribution in [-0.2, 0) is 20.7 Å². The van der Waals surface area contributed by atoms with Crippen LogP contribution in [0.25, 0.3) is 0 Å². The highest BCUT2D eigenvalue weighted by molar-refractivity contribution is 5.83. The van der Waals surface area contributed by atoms with Crippen LogP contribution in [0.5, 0.6) is 0 Å². The molecule has 0 radical (unpaired) electrons. The van der Waals surface area contributed by atoms with Gasteiger partial charge in [0.25, 0.3) is 11.5 Å². The number of nitriles is 1. The molecular weight excluding hydrogens is 358 g/mol. The first kappa shape index (κ1) is 21.7. The third-order valence-corrected chi connectivity index (χ3v) is 5.62. The maximum absolute atomic E-state index is 12.3. The lowest BCUT2D eigenvalue weighted by molar-refractivity contribution is -0.155. The molecule has 0 spiro atoms. The zero-order chi connectivity index (χ0) is 20.8. The van der Waals surface area contributed by atoms with Gasteiger partial charge < -0.3 is 15.0 Å². The van der Waals surface area contributed by atoms with Gasteiger partial charge in [-0.2, -0.15) is 5.26 Å². The van der Waals surface area contributed by atoms with Crippen LogP contribution in [0, 0.1) is 31.1 Å². The van der Waals surface area contributed by atoms with Crippen molar-refractivity contribution < 1.29 is 14.3 Å². The van der Waals surface area contributed by atoms with Crippen molar-refractivity contribution in [2.24, 2.45) is 5.92 Å². The Balaban J connectivity index is 1.91. The van der Waals surface area contributed by atoms with E-state index in [1.165, 1.54) is 6.42 Å². The second-order valence-electron chi connectivity index (χ2n) is 7.68. The van der Waals surface area contributed by atoms with Gasteiger partial charge in [-0.1, -0.05) is 19.8 Å². The number of aryl methyl sites for hydroxylation is 1. The summed E-state index contributed by atoms with van der Waals surface area (Å²) in [6.45, 7) is 7.14. The molecule has 1 aliphatic rings. The van der Waals surface area contributed by atoms with Gasteiger partial charge >= 0.3 is 5.97 Å². The number of aromatic amines is 1. The van der Waals surface area contributed by atoms with Crippen LogP contribution in [0.3, 0.4) is 0 Å². The lowest BCUT2D eigenvalue weighted by Gasteiger charge is -2.30. The Morgan fingerprint density at radius 1 is 1.32 bits per heavy atom. The average molecular weight is 387 g/mol. The van der Waals surface area contributed by atoms with Gasteiger partial charge in [-0.15, -0.1) is 0 Å². The number of nitrogens with zero attached hydrogens (tertiary/aromatic N) is 1. The minimum Gasteiger partial charge on any atom is -0.453 e. The van der Waals surface area contributed by atoms with Crippen LogP contribution in [0.15, 0.2) is 4.79 Å². The SMILES string of the molecule is Cc1[nH]c(=O)c(C#N)c(C)c1CCC(=O)O[C@@H](C)C(=O)N[C@H]1CCCC[C@@H]1C. The molecule has 0 unspecified atom stereocenters. The molecule has 1 saturated carbocycles. The number of nitrogens with one attached hydrogen (secondary N) is 2. The highest BCUT2D eigenvalue weighted by atomic mass is 16.5. The molecule has 0 aromatic carbocycles. The monoisotopic (exact) mass is 387 g/mol. The molecule has 1 fully saturated rings. The van der Waals surface area contributed by atoms with E-state index in [-0.39, 0.29) is 23.9 Å². The lowest BCUT2D eigenvalue weighted by atomic mass is 9.86. The second kappa shape index (κ2) is 9.54. The normalized spacial score (nSPS) is 20.1. The van der Waals surface area contributed by atoms with Crippen LogP contribution >= 0.6 is 0 Å². The smallest absolute Gasteiger partial charge is 0.306 e. The zero-order valence-electron chi connectivity index (χ0n) is 17.1. The third-order valence-electron chi connectivity index (χ3n) is 5.62. The summed E-state index contributed by atoms with van der Waals surface area (Å²) < 4.78 is 5.28. The third kappa shape index (κ3) is 5.22. The summed E-state index contributed by atoms with van der Waals surface area (Å²) in [5.74, 6) is -0.320. The van der Waals surface area contributed by atoms with Crippen LogP contribution in [-0.4, -0.2) is 29.0 Å². The van der Waals surface area contributed by atoms with E-state index in [4.69, 9.17) is 10.00 Å². The van der Waals surface area contributed by atoms with Crippen molar-refractivity contribution in [1.82, 2.24) is 10.3 Å². The number of carbonyl (C=O) groups is 2. The van der Waals surface area contributed by atoms with Gasteiger partial charge in [0.1, 0.15) is 11.6 Å². The fourth-order valence-corrected chi connectivity index (χ4v) is 3.79. The predicted octanol–water partition coefficient (Wildman–Crippen LogP) is 2.42. The number of amides is 1. The van der Waals surface area contributed by atoms with Crippen molar-refractivity contribution >= 4 is 11.9 Å². The Kier molecular flexibility index (Phi) is 7.38. The fourth-order valence-electron chi connectivity index (χ4n) is 3.79. The average Bonchev–Trinajstić information content (AvgIpc) is 2.63. The van der Waals surface area contributed by atoms with E-state index >= 15 is 0 Å². The number of ether oxygens (including phenoxy) is 1. The number of aromatic nitrogens is 1. The van der Waals surface area contributed by atoms with E-state index in [1.807, 2.05) is 6.07 Å². The predicted molar refractivity (Wildman–Crippen MR) is 105 cm³/mol. The summed E-state index contributed by atoms with van der Waals surface area (Å²) in [4.78, 5) is 38.9. The van der Waals surface area contributed by atoms with Gasteiger partial charge in [0, 0.05) is 18.2 Å². The molecule has 7 nitrogen and oxygen atoms in total. The molecule has 0 aliphatic heterocycles. The molecule has 1 aromatic heterocycles. The van der Waals surface area contributed by atoms with Crippen LogP contribution < -0.4 is 10.9 Å². The van der Waals surface area contributed by atoms with E-state index in [1.54, 1.807) is 20.8 Å². The van der Waals surface area contributed by atoms with Crippen molar-refractivity contribution in [3.8, 4) is 6.07 Å². The number of hydrogen-bond acceptors (Lipinski definition) is 5. The van der Waals surface area contributed by atoms with E-state index in [0.717, 1.165) is 24.8 Å². The van der Waals surface area contributed by atoms with Crippen molar-refractivity contribution in [1.29, 1.82) is 5.26 Å². The Bertz CT molecular complexity index is 837. The van der Waals surface area contributed by atoms with Gasteiger partial charge in [0.05, 0.1) is 0 Å². The van der Waals surface area contributed by atoms with Gasteiger partial charge in [-0.05, 0) is 57.1 Å².